The quantitative estimate of drug-likeness (QED) is 0.499. The van der Waals surface area contributed by atoms with Crippen LogP contribution in [0.25, 0.3) is 5.76 Å². The molecule has 1 unspecified atom stereocenters. The molecule has 0 spiro atoms. The molecule has 1 amide bonds. The average Bonchev–Trinajstić information content (AvgIpc) is 2.80. The monoisotopic (exact) mass is 371 g/mol. The van der Waals surface area contributed by atoms with Gasteiger partial charge in [-0.2, -0.15) is 0 Å². The van der Waals surface area contributed by atoms with Crippen LogP contribution in [0.4, 0.5) is 0 Å². The number of hydrogen-bond donors (Lipinski definition) is 1. The van der Waals surface area contributed by atoms with Gasteiger partial charge in [0.25, 0.3) is 11.7 Å². The topological polar surface area (TPSA) is 57.6 Å². The molecule has 1 N–H and O–H groups in total. The summed E-state index contributed by atoms with van der Waals surface area (Å²) in [6.07, 6.45) is 0. The summed E-state index contributed by atoms with van der Waals surface area (Å²) < 4.78 is 0.865. The van der Waals surface area contributed by atoms with Crippen LogP contribution in [-0.4, -0.2) is 28.7 Å². The number of aliphatic hydroxyl groups is 1. The number of likely N-dealkylation sites (N-methyl/N-ethyl adjacent to an activating group) is 1. The van der Waals surface area contributed by atoms with E-state index in [-0.39, 0.29) is 11.3 Å². The smallest absolute Gasteiger partial charge is 0.295 e. The third kappa shape index (κ3) is 2.68. The van der Waals surface area contributed by atoms with Crippen LogP contribution in [0.5, 0.6) is 0 Å². The summed E-state index contributed by atoms with van der Waals surface area (Å²) in [6.45, 7) is 0. The van der Waals surface area contributed by atoms with E-state index < -0.39 is 17.7 Å². The van der Waals surface area contributed by atoms with Gasteiger partial charge in [-0.3, -0.25) is 9.59 Å². The minimum absolute atomic E-state index is 0.117. The third-order valence-electron chi connectivity index (χ3n) is 3.91. The lowest BCUT2D eigenvalue weighted by molar-refractivity contribution is -0.139. The molecule has 23 heavy (non-hydrogen) atoms. The van der Waals surface area contributed by atoms with Crippen LogP contribution in [0.15, 0.2) is 64.6 Å². The average molecular weight is 372 g/mol. The molecule has 3 rings (SSSR count). The Morgan fingerprint density at radius 2 is 1.65 bits per heavy atom. The van der Waals surface area contributed by atoms with Crippen LogP contribution < -0.4 is 0 Å². The van der Waals surface area contributed by atoms with E-state index in [0.717, 1.165) is 10.0 Å². The van der Waals surface area contributed by atoms with Gasteiger partial charge in [0.05, 0.1) is 11.6 Å². The Bertz CT molecular complexity index is 797. The van der Waals surface area contributed by atoms with Gasteiger partial charge < -0.3 is 10.0 Å². The Morgan fingerprint density at radius 1 is 1.04 bits per heavy atom. The highest BCUT2D eigenvalue weighted by Gasteiger charge is 2.44. The highest BCUT2D eigenvalue weighted by Crippen LogP contribution is 2.38. The SMILES string of the molecule is CN1C(=O)C(=O)/C(=C(/O)c2ccc(Br)cc2)C1c1ccccc1. The summed E-state index contributed by atoms with van der Waals surface area (Å²) in [5, 5.41) is 10.6. The van der Waals surface area contributed by atoms with Crippen molar-refractivity contribution in [1.29, 1.82) is 0 Å². The summed E-state index contributed by atoms with van der Waals surface area (Å²) in [6, 6.07) is 15.6. The van der Waals surface area contributed by atoms with Crippen molar-refractivity contribution in [1.82, 2.24) is 4.90 Å². The molecule has 0 saturated carbocycles. The highest BCUT2D eigenvalue weighted by molar-refractivity contribution is 9.10. The summed E-state index contributed by atoms with van der Waals surface area (Å²) in [7, 11) is 1.57. The van der Waals surface area contributed by atoms with Gasteiger partial charge in [-0.05, 0) is 17.7 Å². The predicted molar refractivity (Wildman–Crippen MR) is 90.7 cm³/mol. The highest BCUT2D eigenvalue weighted by atomic mass is 79.9. The standard InChI is InChI=1S/C18H14BrNO3/c1-20-15(11-5-3-2-4-6-11)14(17(22)18(20)23)16(21)12-7-9-13(19)10-8-12/h2-10,15,21H,1H3/b16-14+. The predicted octanol–water partition coefficient (Wildman–Crippen LogP) is 3.50. The lowest BCUT2D eigenvalue weighted by Gasteiger charge is -2.20. The Hall–Kier alpha value is -2.40. The number of Topliss-reactive ketones (excluding diaryl/α,β-unsaturated/α-hetero) is 1. The summed E-state index contributed by atoms with van der Waals surface area (Å²) in [5.74, 6) is -1.44. The molecule has 5 heteroatoms. The van der Waals surface area contributed by atoms with Gasteiger partial charge in [0.15, 0.2) is 0 Å². The Morgan fingerprint density at radius 3 is 2.26 bits per heavy atom. The molecular formula is C18H14BrNO3. The first-order valence-corrected chi connectivity index (χ1v) is 7.85. The summed E-state index contributed by atoms with van der Waals surface area (Å²) in [4.78, 5) is 25.8. The van der Waals surface area contributed by atoms with Crippen LogP contribution in [-0.2, 0) is 9.59 Å². The minimum Gasteiger partial charge on any atom is -0.507 e. The van der Waals surface area contributed by atoms with Gasteiger partial charge in [0, 0.05) is 17.1 Å². The molecule has 4 nitrogen and oxygen atoms in total. The zero-order chi connectivity index (χ0) is 16.6. The van der Waals surface area contributed by atoms with Gasteiger partial charge in [0.2, 0.25) is 0 Å². The molecule has 1 saturated heterocycles. The molecule has 1 fully saturated rings. The number of amides is 1. The molecule has 2 aromatic carbocycles. The van der Waals surface area contributed by atoms with E-state index >= 15 is 0 Å². The molecular weight excluding hydrogens is 358 g/mol. The first kappa shape index (κ1) is 15.5. The van der Waals surface area contributed by atoms with Crippen molar-refractivity contribution < 1.29 is 14.7 Å². The number of halogens is 1. The lowest BCUT2D eigenvalue weighted by atomic mass is 9.95. The van der Waals surface area contributed by atoms with Gasteiger partial charge in [-0.1, -0.05) is 58.4 Å². The maximum Gasteiger partial charge on any atom is 0.295 e. The number of rotatable bonds is 2. The molecule has 1 aliphatic heterocycles. The van der Waals surface area contributed by atoms with Crippen molar-refractivity contribution in [2.24, 2.45) is 0 Å². The number of benzene rings is 2. The Labute approximate surface area is 142 Å². The van der Waals surface area contributed by atoms with Gasteiger partial charge in [-0.25, -0.2) is 0 Å². The van der Waals surface area contributed by atoms with Crippen LogP contribution in [0.2, 0.25) is 0 Å². The molecule has 1 aliphatic rings. The fourth-order valence-corrected chi connectivity index (χ4v) is 3.00. The third-order valence-corrected chi connectivity index (χ3v) is 4.44. The second-order valence-electron chi connectivity index (χ2n) is 5.33. The minimum atomic E-state index is -0.665. The fraction of sp³-hybridized carbons (Fsp3) is 0.111. The van der Waals surface area contributed by atoms with Crippen molar-refractivity contribution in [2.75, 3.05) is 7.05 Å². The van der Waals surface area contributed by atoms with E-state index in [1.54, 1.807) is 31.3 Å². The number of likely N-dealkylation sites (tertiary alicyclic amines) is 1. The van der Waals surface area contributed by atoms with Crippen molar-refractivity contribution in [3.8, 4) is 0 Å². The second-order valence-corrected chi connectivity index (χ2v) is 6.24. The molecule has 0 aromatic heterocycles. The van der Waals surface area contributed by atoms with E-state index in [9.17, 15) is 14.7 Å². The summed E-state index contributed by atoms with van der Waals surface area (Å²) in [5.41, 5.74) is 1.40. The van der Waals surface area contributed by atoms with Crippen molar-refractivity contribution >= 4 is 33.4 Å². The first-order chi connectivity index (χ1) is 11.0. The number of hydrogen-bond acceptors (Lipinski definition) is 3. The fourth-order valence-electron chi connectivity index (χ4n) is 2.74. The number of carbonyl (C=O) groups is 2. The maximum absolute atomic E-state index is 12.4. The molecule has 0 bridgehead atoms. The Balaban J connectivity index is 2.17. The molecule has 1 atom stereocenters. The number of aliphatic hydroxyl groups excluding tert-OH is 1. The van der Waals surface area contributed by atoms with Gasteiger partial charge >= 0.3 is 0 Å². The van der Waals surface area contributed by atoms with E-state index in [4.69, 9.17) is 0 Å². The molecule has 1 heterocycles. The van der Waals surface area contributed by atoms with E-state index in [0.29, 0.717) is 5.56 Å². The molecule has 2 aromatic rings. The van der Waals surface area contributed by atoms with Gasteiger partial charge in [0.1, 0.15) is 5.76 Å². The molecule has 0 radical (unpaired) electrons. The second kappa shape index (κ2) is 6.01. The normalized spacial score (nSPS) is 20.1. The summed E-state index contributed by atoms with van der Waals surface area (Å²) >= 11 is 3.33. The number of nitrogens with zero attached hydrogens (tertiary/aromatic N) is 1. The number of carbonyl (C=O) groups excluding carboxylic acids is 2. The van der Waals surface area contributed by atoms with E-state index in [1.807, 2.05) is 30.3 Å². The van der Waals surface area contributed by atoms with Gasteiger partial charge in [-0.15, -0.1) is 0 Å². The zero-order valence-electron chi connectivity index (χ0n) is 12.4. The van der Waals surface area contributed by atoms with Crippen LogP contribution >= 0.6 is 15.9 Å². The van der Waals surface area contributed by atoms with Crippen molar-refractivity contribution in [3.63, 3.8) is 0 Å². The van der Waals surface area contributed by atoms with Crippen LogP contribution in [0, 0.1) is 0 Å². The van der Waals surface area contributed by atoms with Crippen molar-refractivity contribution in [3.05, 3.63) is 75.8 Å². The maximum atomic E-state index is 12.4. The largest absolute Gasteiger partial charge is 0.507 e. The van der Waals surface area contributed by atoms with Crippen LogP contribution in [0.3, 0.4) is 0 Å². The molecule has 116 valence electrons. The number of ketones is 1. The van der Waals surface area contributed by atoms with E-state index in [2.05, 4.69) is 15.9 Å². The lowest BCUT2D eigenvalue weighted by Crippen LogP contribution is -2.24. The van der Waals surface area contributed by atoms with E-state index in [1.165, 1.54) is 4.90 Å². The van der Waals surface area contributed by atoms with Crippen molar-refractivity contribution in [2.45, 2.75) is 6.04 Å². The Kier molecular flexibility index (Phi) is 4.05. The molecule has 0 aliphatic carbocycles. The zero-order valence-corrected chi connectivity index (χ0v) is 13.9. The van der Waals surface area contributed by atoms with Crippen LogP contribution in [0.1, 0.15) is 17.2 Å². The first-order valence-electron chi connectivity index (χ1n) is 7.06.